The first-order valence-electron chi connectivity index (χ1n) is 11.2. The molecule has 2 aliphatic rings. The van der Waals surface area contributed by atoms with Gasteiger partial charge in [0, 0.05) is 17.3 Å². The largest absolute Gasteiger partial charge is 0.505 e. The number of aliphatic hydroxyl groups is 1. The second kappa shape index (κ2) is 10.5. The molecule has 17 heteroatoms. The first kappa shape index (κ1) is 28.9. The van der Waals surface area contributed by atoms with Gasteiger partial charge in [0.05, 0.1) is 21.8 Å². The van der Waals surface area contributed by atoms with E-state index in [-0.39, 0.29) is 33.8 Å². The summed E-state index contributed by atoms with van der Waals surface area (Å²) in [7, 11) is -4.26. The van der Waals surface area contributed by atoms with E-state index in [4.69, 9.17) is 33.3 Å². The third kappa shape index (κ3) is 6.22. The normalized spacial score (nSPS) is 22.1. The van der Waals surface area contributed by atoms with E-state index < -0.39 is 55.9 Å². The molecule has 1 aromatic heterocycles. The summed E-state index contributed by atoms with van der Waals surface area (Å²) in [5.41, 5.74) is -3.41. The first-order chi connectivity index (χ1) is 18.1. The quantitative estimate of drug-likeness (QED) is 0.245. The van der Waals surface area contributed by atoms with Gasteiger partial charge in [-0.05, 0) is 44.2 Å². The molecule has 210 valence electrons. The lowest BCUT2D eigenvalue weighted by Gasteiger charge is -2.27. The predicted molar refractivity (Wildman–Crippen MR) is 134 cm³/mol. The standard InChI is InChI=1S/C22H21Cl2F2N5O7S/c23-11-5-10(29-20(34)30-19(33)16(27)18(25)26)6-12(24)17(11)38-15-7-14(13(32)8-28-15)39(36,37)31-21-1-3-22(35,9-21)4-2-21/h5-8,18,27,31-32,35H,1-4,9H2,(H2,29,30,33,34). The number of nitrogens with one attached hydrogen (secondary N) is 4. The Hall–Kier alpha value is -3.11. The van der Waals surface area contributed by atoms with Gasteiger partial charge >= 0.3 is 6.03 Å². The van der Waals surface area contributed by atoms with Crippen LogP contribution in [0.2, 0.25) is 10.0 Å². The highest BCUT2D eigenvalue weighted by Gasteiger charge is 2.55. The third-order valence-corrected chi connectivity index (χ3v) is 8.59. The Morgan fingerprint density at radius 2 is 1.74 bits per heavy atom. The number of carbonyl (C=O) groups is 2. The van der Waals surface area contributed by atoms with Gasteiger partial charge in [-0.2, -0.15) is 0 Å². The van der Waals surface area contributed by atoms with E-state index in [2.05, 4.69) is 15.0 Å². The molecule has 0 spiro atoms. The molecule has 3 amide bonds. The number of benzene rings is 1. The number of hydrogen-bond donors (Lipinski definition) is 6. The molecule has 0 saturated heterocycles. The summed E-state index contributed by atoms with van der Waals surface area (Å²) in [6.45, 7) is 0. The van der Waals surface area contributed by atoms with Crippen molar-refractivity contribution in [1.29, 1.82) is 5.41 Å². The zero-order chi connectivity index (χ0) is 28.8. The number of carbonyl (C=O) groups excluding carboxylic acids is 2. The minimum absolute atomic E-state index is 0.0790. The number of pyridine rings is 1. The van der Waals surface area contributed by atoms with Crippen LogP contribution in [0.25, 0.3) is 0 Å². The molecule has 1 heterocycles. The van der Waals surface area contributed by atoms with Gasteiger partial charge in [-0.3, -0.25) is 15.5 Å². The smallest absolute Gasteiger partial charge is 0.326 e. The number of anilines is 1. The summed E-state index contributed by atoms with van der Waals surface area (Å²) >= 11 is 12.4. The molecule has 39 heavy (non-hydrogen) atoms. The molecule has 12 nitrogen and oxygen atoms in total. The summed E-state index contributed by atoms with van der Waals surface area (Å²) in [6.07, 6.45) is -0.424. The summed E-state index contributed by atoms with van der Waals surface area (Å²) < 4.78 is 59.2. The molecular formula is C22H21Cl2F2N5O7S. The van der Waals surface area contributed by atoms with E-state index >= 15 is 0 Å². The number of amides is 3. The number of alkyl halides is 2. The maximum atomic E-state index is 13.1. The molecule has 6 N–H and O–H groups in total. The number of fused-ring (bicyclic) bond motifs is 2. The molecule has 2 aromatic rings. The number of rotatable bonds is 8. The number of imide groups is 1. The van der Waals surface area contributed by atoms with Crippen molar-refractivity contribution >= 4 is 56.6 Å². The molecule has 0 aliphatic heterocycles. The van der Waals surface area contributed by atoms with Crippen LogP contribution in [-0.4, -0.2) is 58.8 Å². The lowest BCUT2D eigenvalue weighted by molar-refractivity contribution is -0.114. The highest BCUT2D eigenvalue weighted by molar-refractivity contribution is 7.89. The van der Waals surface area contributed by atoms with Crippen molar-refractivity contribution in [3.05, 3.63) is 34.4 Å². The number of sulfonamides is 1. The van der Waals surface area contributed by atoms with Gasteiger partial charge < -0.3 is 20.3 Å². The summed E-state index contributed by atoms with van der Waals surface area (Å²) in [5.74, 6) is -2.76. The number of aromatic nitrogens is 1. The van der Waals surface area contributed by atoms with Gasteiger partial charge in [0.25, 0.3) is 12.3 Å². The Bertz CT molecular complexity index is 1440. The predicted octanol–water partition coefficient (Wildman–Crippen LogP) is 3.55. The van der Waals surface area contributed by atoms with E-state index in [0.29, 0.717) is 25.7 Å². The SMILES string of the molecule is N=C(C(=O)NC(=O)Nc1cc(Cl)c(Oc2cc(S(=O)(=O)NC34CCC(O)(CC3)C4)c(O)cn2)c(Cl)c1)C(F)F. The molecule has 4 rings (SSSR count). The highest BCUT2D eigenvalue weighted by Crippen LogP contribution is 2.51. The number of hydrogen-bond acceptors (Lipinski definition) is 9. The van der Waals surface area contributed by atoms with Gasteiger partial charge in [0.2, 0.25) is 15.9 Å². The maximum absolute atomic E-state index is 13.1. The van der Waals surface area contributed by atoms with Crippen LogP contribution in [0.3, 0.4) is 0 Å². The lowest BCUT2D eigenvalue weighted by atomic mass is 9.94. The maximum Gasteiger partial charge on any atom is 0.326 e. The van der Waals surface area contributed by atoms with Crippen LogP contribution in [0, 0.1) is 5.41 Å². The van der Waals surface area contributed by atoms with Crippen LogP contribution in [0.15, 0.2) is 29.3 Å². The lowest BCUT2D eigenvalue weighted by Crippen LogP contribution is -2.44. The van der Waals surface area contributed by atoms with Gasteiger partial charge in [0.15, 0.2) is 17.2 Å². The molecule has 0 unspecified atom stereocenters. The van der Waals surface area contributed by atoms with Crippen LogP contribution in [0.4, 0.5) is 19.3 Å². The van der Waals surface area contributed by atoms with Crippen LogP contribution in [-0.2, 0) is 14.8 Å². The van der Waals surface area contributed by atoms with Crippen molar-refractivity contribution in [2.75, 3.05) is 5.32 Å². The Kier molecular flexibility index (Phi) is 7.75. The van der Waals surface area contributed by atoms with Crippen molar-refractivity contribution in [2.24, 2.45) is 0 Å². The fourth-order valence-electron chi connectivity index (χ4n) is 4.60. The Balaban J connectivity index is 1.49. The average Bonchev–Trinajstić information content (AvgIpc) is 3.33. The van der Waals surface area contributed by atoms with E-state index in [0.717, 1.165) is 24.4 Å². The minimum atomic E-state index is -4.26. The van der Waals surface area contributed by atoms with Crippen molar-refractivity contribution < 1.29 is 41.7 Å². The summed E-state index contributed by atoms with van der Waals surface area (Å²) in [4.78, 5) is 26.6. The third-order valence-electron chi connectivity index (χ3n) is 6.42. The number of halogens is 4. The summed E-state index contributed by atoms with van der Waals surface area (Å²) in [6, 6.07) is 1.98. The highest BCUT2D eigenvalue weighted by atomic mass is 35.5. The number of aromatic hydroxyl groups is 1. The van der Waals surface area contributed by atoms with Crippen LogP contribution in [0.1, 0.15) is 32.1 Å². The van der Waals surface area contributed by atoms with E-state index in [9.17, 15) is 37.0 Å². The molecule has 2 saturated carbocycles. The van der Waals surface area contributed by atoms with E-state index in [1.54, 1.807) is 5.32 Å². The molecule has 0 atom stereocenters. The molecule has 1 aromatic carbocycles. The second-order valence-corrected chi connectivity index (χ2v) is 11.7. The molecule has 2 fully saturated rings. The number of ether oxygens (including phenoxy) is 1. The van der Waals surface area contributed by atoms with Crippen molar-refractivity contribution in [1.82, 2.24) is 15.0 Å². The fraction of sp³-hybridized carbons (Fsp3) is 0.364. The van der Waals surface area contributed by atoms with Crippen LogP contribution < -0.4 is 20.1 Å². The monoisotopic (exact) mass is 607 g/mol. The van der Waals surface area contributed by atoms with Crippen molar-refractivity contribution in [2.45, 2.75) is 54.6 Å². The zero-order valence-corrected chi connectivity index (χ0v) is 22.1. The number of urea groups is 1. The van der Waals surface area contributed by atoms with Crippen LogP contribution >= 0.6 is 23.2 Å². The molecular weight excluding hydrogens is 587 g/mol. The molecule has 2 aliphatic carbocycles. The van der Waals surface area contributed by atoms with E-state index in [1.165, 1.54) is 0 Å². The molecule has 2 bridgehead atoms. The Morgan fingerprint density at radius 1 is 1.13 bits per heavy atom. The fourth-order valence-corrected chi connectivity index (χ4v) is 6.71. The molecule has 0 radical (unpaired) electrons. The number of nitrogens with zero attached hydrogens (tertiary/aromatic N) is 1. The minimum Gasteiger partial charge on any atom is -0.505 e. The second-order valence-electron chi connectivity index (χ2n) is 9.27. The summed E-state index contributed by atoms with van der Waals surface area (Å²) in [5, 5.41) is 30.8. The van der Waals surface area contributed by atoms with Crippen LogP contribution in [0.5, 0.6) is 17.4 Å². The van der Waals surface area contributed by atoms with Gasteiger partial charge in [-0.1, -0.05) is 23.2 Å². The van der Waals surface area contributed by atoms with Crippen molar-refractivity contribution in [3.8, 4) is 17.4 Å². The van der Waals surface area contributed by atoms with Gasteiger partial charge in [0.1, 0.15) is 4.90 Å². The Labute approximate surface area is 230 Å². The topological polar surface area (TPSA) is 191 Å². The van der Waals surface area contributed by atoms with Gasteiger partial charge in [-0.25, -0.2) is 31.7 Å². The zero-order valence-electron chi connectivity index (χ0n) is 19.7. The Morgan fingerprint density at radius 3 is 2.28 bits per heavy atom. The van der Waals surface area contributed by atoms with E-state index in [1.807, 2.05) is 0 Å². The van der Waals surface area contributed by atoms with Crippen molar-refractivity contribution in [3.63, 3.8) is 0 Å². The average molecular weight is 608 g/mol. The van der Waals surface area contributed by atoms with Gasteiger partial charge in [-0.15, -0.1) is 0 Å². The first-order valence-corrected chi connectivity index (χ1v) is 13.5.